The highest BCUT2D eigenvalue weighted by Crippen LogP contribution is 2.41. The molecule has 1 amide bonds. The summed E-state index contributed by atoms with van der Waals surface area (Å²) in [5, 5.41) is 12.8. The molecule has 0 spiro atoms. The van der Waals surface area contributed by atoms with E-state index in [1.807, 2.05) is 42.3 Å². The van der Waals surface area contributed by atoms with Crippen LogP contribution in [0.3, 0.4) is 0 Å². The van der Waals surface area contributed by atoms with Crippen LogP contribution in [0, 0.1) is 11.8 Å². The molecular formula is C23H35NO4S. The predicted octanol–water partition coefficient (Wildman–Crippen LogP) is 4.56. The first-order valence-electron chi connectivity index (χ1n) is 10.5. The van der Waals surface area contributed by atoms with Gasteiger partial charge in [0, 0.05) is 36.4 Å². The lowest BCUT2D eigenvalue weighted by Gasteiger charge is -2.35. The lowest BCUT2D eigenvalue weighted by molar-refractivity contribution is -0.133. The number of ether oxygens (including phenoxy) is 2. The molecule has 1 aliphatic carbocycles. The van der Waals surface area contributed by atoms with Crippen molar-refractivity contribution in [3.63, 3.8) is 0 Å². The molecule has 0 saturated carbocycles. The summed E-state index contributed by atoms with van der Waals surface area (Å²) in [4.78, 5) is 16.1. The number of methoxy groups -OCH3 is 2. The summed E-state index contributed by atoms with van der Waals surface area (Å²) < 4.78 is 10.9. The summed E-state index contributed by atoms with van der Waals surface area (Å²) in [6.07, 6.45) is 5.35. The Kier molecular flexibility index (Phi) is 9.24. The normalized spacial score (nSPS) is 25.2. The number of aliphatic hydroxyl groups excluding tert-OH is 1. The van der Waals surface area contributed by atoms with Gasteiger partial charge in [-0.1, -0.05) is 26.8 Å². The van der Waals surface area contributed by atoms with E-state index in [9.17, 15) is 9.90 Å². The Morgan fingerprint density at radius 1 is 1.34 bits per heavy atom. The first-order chi connectivity index (χ1) is 14.0. The van der Waals surface area contributed by atoms with Gasteiger partial charge in [0.2, 0.25) is 5.91 Å². The van der Waals surface area contributed by atoms with Crippen LogP contribution in [-0.2, 0) is 14.3 Å². The standard InChI is InChI=1S/C21H29NO4S.C2H6/c1-14-6-4-8-22(13-14)20(24)12-16(19-7-5-9-27-19)21-17(23)10-15(25-2)11-18(21)26-3;1-2/h5,7,9-11,14,16-17,21,23H,4,6,8,12-13H2,1-3H3;1-2H3/t14?,16?,17-,21?;/m1./s1. The van der Waals surface area contributed by atoms with Crippen molar-refractivity contribution in [2.45, 2.75) is 52.1 Å². The molecule has 1 fully saturated rings. The maximum atomic E-state index is 13.1. The van der Waals surface area contributed by atoms with Crippen molar-refractivity contribution in [2.75, 3.05) is 27.3 Å². The summed E-state index contributed by atoms with van der Waals surface area (Å²) in [7, 11) is 3.17. The fourth-order valence-electron chi connectivity index (χ4n) is 4.12. The average molecular weight is 422 g/mol. The van der Waals surface area contributed by atoms with Crippen LogP contribution in [0.2, 0.25) is 0 Å². The minimum Gasteiger partial charge on any atom is -0.501 e. The number of nitrogens with zero attached hydrogens (tertiary/aromatic N) is 1. The smallest absolute Gasteiger partial charge is 0.223 e. The minimum absolute atomic E-state index is 0.134. The van der Waals surface area contributed by atoms with Crippen LogP contribution >= 0.6 is 11.3 Å². The molecule has 1 aromatic rings. The maximum absolute atomic E-state index is 13.1. The molecule has 6 heteroatoms. The van der Waals surface area contributed by atoms with Crippen LogP contribution in [0.15, 0.2) is 41.2 Å². The van der Waals surface area contributed by atoms with Crippen molar-refractivity contribution in [3.05, 3.63) is 46.1 Å². The highest BCUT2D eigenvalue weighted by molar-refractivity contribution is 7.10. The van der Waals surface area contributed by atoms with Crippen LogP contribution in [0.5, 0.6) is 0 Å². The molecule has 4 atom stereocenters. The zero-order valence-corrected chi connectivity index (χ0v) is 19.1. The predicted molar refractivity (Wildman–Crippen MR) is 118 cm³/mol. The monoisotopic (exact) mass is 421 g/mol. The number of rotatable bonds is 6. The van der Waals surface area contributed by atoms with Gasteiger partial charge in [-0.3, -0.25) is 4.79 Å². The van der Waals surface area contributed by atoms with Crippen LogP contribution in [0.1, 0.15) is 50.8 Å². The summed E-state index contributed by atoms with van der Waals surface area (Å²) in [6.45, 7) is 7.85. The van der Waals surface area contributed by atoms with Crippen LogP contribution in [-0.4, -0.2) is 49.3 Å². The van der Waals surface area contributed by atoms with E-state index in [1.165, 1.54) is 6.42 Å². The highest BCUT2D eigenvalue weighted by Gasteiger charge is 2.38. The Morgan fingerprint density at radius 3 is 2.69 bits per heavy atom. The fraction of sp³-hybridized carbons (Fsp3) is 0.609. The Balaban J connectivity index is 0.00000145. The van der Waals surface area contributed by atoms with Gasteiger partial charge >= 0.3 is 0 Å². The third-order valence-corrected chi connectivity index (χ3v) is 6.54. The molecule has 3 unspecified atom stereocenters. The van der Waals surface area contributed by atoms with E-state index in [0.717, 1.165) is 24.4 Å². The number of hydrogen-bond acceptors (Lipinski definition) is 5. The zero-order chi connectivity index (χ0) is 21.4. The van der Waals surface area contributed by atoms with Gasteiger partial charge in [0.05, 0.1) is 26.2 Å². The first kappa shape index (κ1) is 23.5. The second kappa shape index (κ2) is 11.4. The van der Waals surface area contributed by atoms with Crippen molar-refractivity contribution < 1.29 is 19.4 Å². The van der Waals surface area contributed by atoms with Gasteiger partial charge in [0.25, 0.3) is 0 Å². The van der Waals surface area contributed by atoms with E-state index in [4.69, 9.17) is 9.47 Å². The van der Waals surface area contributed by atoms with E-state index < -0.39 is 6.10 Å². The second-order valence-corrected chi connectivity index (χ2v) is 8.43. The molecule has 2 aliphatic rings. The van der Waals surface area contributed by atoms with E-state index in [1.54, 1.807) is 31.6 Å². The molecule has 1 aliphatic heterocycles. The van der Waals surface area contributed by atoms with Gasteiger partial charge in [-0.15, -0.1) is 11.3 Å². The summed E-state index contributed by atoms with van der Waals surface area (Å²) in [6, 6.07) is 4.03. The number of hydrogen-bond donors (Lipinski definition) is 1. The van der Waals surface area contributed by atoms with E-state index in [0.29, 0.717) is 23.9 Å². The summed E-state index contributed by atoms with van der Waals surface area (Å²) >= 11 is 1.62. The van der Waals surface area contributed by atoms with Gasteiger partial charge < -0.3 is 19.5 Å². The van der Waals surface area contributed by atoms with Crippen molar-refractivity contribution in [1.29, 1.82) is 0 Å². The number of carbonyl (C=O) groups excluding carboxylic acids is 1. The molecule has 29 heavy (non-hydrogen) atoms. The zero-order valence-electron chi connectivity index (χ0n) is 18.3. The highest BCUT2D eigenvalue weighted by atomic mass is 32.1. The van der Waals surface area contributed by atoms with Gasteiger partial charge in [-0.2, -0.15) is 0 Å². The fourth-order valence-corrected chi connectivity index (χ4v) is 5.00. The van der Waals surface area contributed by atoms with Crippen molar-refractivity contribution >= 4 is 17.2 Å². The molecule has 1 aromatic heterocycles. The van der Waals surface area contributed by atoms with Crippen LogP contribution in [0.25, 0.3) is 0 Å². The van der Waals surface area contributed by atoms with Crippen molar-refractivity contribution in [3.8, 4) is 0 Å². The van der Waals surface area contributed by atoms with E-state index >= 15 is 0 Å². The molecule has 162 valence electrons. The van der Waals surface area contributed by atoms with E-state index in [-0.39, 0.29) is 17.7 Å². The molecule has 0 bridgehead atoms. The van der Waals surface area contributed by atoms with Crippen molar-refractivity contribution in [2.24, 2.45) is 11.8 Å². The number of piperidine rings is 1. The van der Waals surface area contributed by atoms with Crippen LogP contribution in [0.4, 0.5) is 0 Å². The second-order valence-electron chi connectivity index (χ2n) is 7.45. The van der Waals surface area contributed by atoms with Crippen LogP contribution < -0.4 is 0 Å². The number of likely N-dealkylation sites (tertiary alicyclic amines) is 1. The molecule has 5 nitrogen and oxygen atoms in total. The Hall–Kier alpha value is -1.79. The van der Waals surface area contributed by atoms with Crippen molar-refractivity contribution in [1.82, 2.24) is 4.90 Å². The molecule has 1 N–H and O–H groups in total. The Bertz CT molecular complexity index is 698. The number of thiophene rings is 1. The average Bonchev–Trinajstić information content (AvgIpc) is 3.27. The topological polar surface area (TPSA) is 59.0 Å². The van der Waals surface area contributed by atoms with Gasteiger partial charge in [-0.25, -0.2) is 0 Å². The molecule has 0 aromatic carbocycles. The number of aliphatic hydroxyl groups is 1. The molecule has 1 saturated heterocycles. The van der Waals surface area contributed by atoms with Gasteiger partial charge in [-0.05, 0) is 36.3 Å². The first-order valence-corrected chi connectivity index (χ1v) is 11.4. The molecule has 3 rings (SSSR count). The minimum atomic E-state index is -0.764. The number of amides is 1. The van der Waals surface area contributed by atoms with E-state index in [2.05, 4.69) is 6.92 Å². The van der Waals surface area contributed by atoms with Gasteiger partial charge in [0.1, 0.15) is 11.5 Å². The molecule has 0 radical (unpaired) electrons. The quantitative estimate of drug-likeness (QED) is 0.732. The lowest BCUT2D eigenvalue weighted by atomic mass is 9.79. The Morgan fingerprint density at radius 2 is 2.10 bits per heavy atom. The number of allylic oxidation sites excluding steroid dienone is 1. The molecular weight excluding hydrogens is 386 g/mol. The summed E-state index contributed by atoms with van der Waals surface area (Å²) in [5.41, 5.74) is 0. The Labute approximate surface area is 179 Å². The van der Waals surface area contributed by atoms with Gasteiger partial charge in [0.15, 0.2) is 0 Å². The number of carbonyl (C=O) groups is 1. The largest absolute Gasteiger partial charge is 0.501 e. The lowest BCUT2D eigenvalue weighted by Crippen LogP contribution is -2.41. The summed E-state index contributed by atoms with van der Waals surface area (Å²) in [5.74, 6) is 1.50. The maximum Gasteiger partial charge on any atom is 0.223 e. The third kappa shape index (κ3) is 5.86. The third-order valence-electron chi connectivity index (χ3n) is 5.53. The SMILES string of the molecule is CC.COC1=C[C@@H](O)C(C(CC(=O)N2CCCC(C)C2)c2cccs2)C(OC)=C1. The molecule has 2 heterocycles.